The molecule has 18 heavy (non-hydrogen) atoms. The zero-order valence-electron chi connectivity index (χ0n) is 9.87. The third kappa shape index (κ3) is 1.88. The summed E-state index contributed by atoms with van der Waals surface area (Å²) in [6, 6.07) is 5.30. The van der Waals surface area contributed by atoms with Gasteiger partial charge in [-0.3, -0.25) is 4.40 Å². The largest absolute Gasteiger partial charge is 0.477 e. The highest BCUT2D eigenvalue weighted by molar-refractivity contribution is 7.99. The number of fused-ring (bicyclic) bond motifs is 1. The molecule has 4 nitrogen and oxygen atoms in total. The molecule has 0 spiro atoms. The number of hydrogen-bond acceptors (Lipinski definition) is 3. The Hall–Kier alpha value is -1.49. The third-order valence-corrected chi connectivity index (χ3v) is 4.54. The molecule has 1 saturated heterocycles. The van der Waals surface area contributed by atoms with Crippen molar-refractivity contribution < 1.29 is 9.90 Å². The lowest BCUT2D eigenvalue weighted by Crippen LogP contribution is -2.15. The number of nitrogens with zero attached hydrogens (tertiary/aromatic N) is 2. The number of aromatic nitrogens is 2. The summed E-state index contributed by atoms with van der Waals surface area (Å²) in [5.41, 5.74) is 1.16. The predicted molar refractivity (Wildman–Crippen MR) is 71.5 cm³/mol. The second-order valence-corrected chi connectivity index (χ2v) is 5.66. The Labute approximate surface area is 109 Å². The molecule has 1 atom stereocenters. The Kier molecular flexibility index (Phi) is 2.99. The molecular weight excluding hydrogens is 248 g/mol. The minimum Gasteiger partial charge on any atom is -0.477 e. The highest BCUT2D eigenvalue weighted by Crippen LogP contribution is 2.31. The lowest BCUT2D eigenvalue weighted by molar-refractivity contribution is 0.0688. The maximum absolute atomic E-state index is 11.3. The number of carboxylic acids is 1. The van der Waals surface area contributed by atoms with E-state index in [0.717, 1.165) is 23.5 Å². The average Bonchev–Trinajstić information content (AvgIpc) is 2.83. The topological polar surface area (TPSA) is 54.6 Å². The zero-order valence-corrected chi connectivity index (χ0v) is 10.7. The van der Waals surface area contributed by atoms with E-state index in [-0.39, 0.29) is 0 Å². The molecule has 0 aromatic carbocycles. The third-order valence-electron chi connectivity index (χ3n) is 3.32. The summed E-state index contributed by atoms with van der Waals surface area (Å²) in [6.45, 7) is 0. The van der Waals surface area contributed by atoms with E-state index in [2.05, 4.69) is 4.98 Å². The normalized spacial score (nSPS) is 20.1. The minimum absolute atomic E-state index is 0.301. The number of aromatic carboxylic acids is 1. The summed E-state index contributed by atoms with van der Waals surface area (Å²) >= 11 is 1.92. The Morgan fingerprint density at radius 3 is 3.11 bits per heavy atom. The molecule has 3 rings (SSSR count). The summed E-state index contributed by atoms with van der Waals surface area (Å²) in [4.78, 5) is 15.7. The summed E-state index contributed by atoms with van der Waals surface area (Å²) in [7, 11) is 0. The fraction of sp³-hybridized carbons (Fsp3) is 0.385. The lowest BCUT2D eigenvalue weighted by Gasteiger charge is -2.20. The smallest absolute Gasteiger partial charge is 0.352 e. The molecule has 94 valence electrons. The molecule has 1 fully saturated rings. The molecule has 0 aliphatic carbocycles. The monoisotopic (exact) mass is 262 g/mol. The lowest BCUT2D eigenvalue weighted by atomic mass is 10.0. The molecule has 1 aliphatic heterocycles. The van der Waals surface area contributed by atoms with E-state index < -0.39 is 5.97 Å². The number of carboxylic acid groups (broad SMARTS) is 1. The number of pyridine rings is 1. The Morgan fingerprint density at radius 2 is 2.39 bits per heavy atom. The van der Waals surface area contributed by atoms with Gasteiger partial charge >= 0.3 is 5.97 Å². The molecule has 1 unspecified atom stereocenters. The van der Waals surface area contributed by atoms with Gasteiger partial charge < -0.3 is 5.11 Å². The molecular formula is C13H14N2O2S. The molecule has 5 heteroatoms. The Bertz CT molecular complexity index is 588. The second kappa shape index (κ2) is 4.65. The Balaban J connectivity index is 2.14. The SMILES string of the molecule is O=C(O)c1cccc2cnc(C3CCCSC3)n12. The molecule has 3 heterocycles. The number of thioether (sulfide) groups is 1. The first-order valence-electron chi connectivity index (χ1n) is 6.05. The van der Waals surface area contributed by atoms with Gasteiger partial charge in [0, 0.05) is 11.7 Å². The molecule has 0 amide bonds. The fourth-order valence-corrected chi connectivity index (χ4v) is 3.61. The summed E-state index contributed by atoms with van der Waals surface area (Å²) in [6.07, 6.45) is 4.04. The van der Waals surface area contributed by atoms with Crippen LogP contribution in [0.25, 0.3) is 5.52 Å². The van der Waals surface area contributed by atoms with E-state index in [1.807, 2.05) is 17.8 Å². The fourth-order valence-electron chi connectivity index (χ4n) is 2.47. The van der Waals surface area contributed by atoms with E-state index in [1.165, 1.54) is 12.2 Å². The predicted octanol–water partition coefficient (Wildman–Crippen LogP) is 2.64. The molecule has 1 N–H and O–H groups in total. The van der Waals surface area contributed by atoms with Crippen molar-refractivity contribution in [3.8, 4) is 0 Å². The molecule has 1 aliphatic rings. The first kappa shape index (κ1) is 11.6. The van der Waals surface area contributed by atoms with Gasteiger partial charge in [0.15, 0.2) is 0 Å². The van der Waals surface area contributed by atoms with Crippen LogP contribution in [-0.4, -0.2) is 32.0 Å². The van der Waals surface area contributed by atoms with E-state index >= 15 is 0 Å². The van der Waals surface area contributed by atoms with Gasteiger partial charge in [-0.1, -0.05) is 6.07 Å². The number of rotatable bonds is 2. The van der Waals surface area contributed by atoms with Crippen LogP contribution in [-0.2, 0) is 0 Å². The molecule has 0 bridgehead atoms. The van der Waals surface area contributed by atoms with Gasteiger partial charge in [-0.2, -0.15) is 11.8 Å². The quantitative estimate of drug-likeness (QED) is 0.904. The van der Waals surface area contributed by atoms with Crippen molar-refractivity contribution in [2.45, 2.75) is 18.8 Å². The number of hydrogen-bond donors (Lipinski definition) is 1. The van der Waals surface area contributed by atoms with Gasteiger partial charge in [-0.05, 0) is 30.7 Å². The first-order chi connectivity index (χ1) is 8.77. The molecule has 2 aromatic heterocycles. The number of carbonyl (C=O) groups is 1. The van der Waals surface area contributed by atoms with Crippen LogP contribution in [0, 0.1) is 0 Å². The van der Waals surface area contributed by atoms with E-state index in [4.69, 9.17) is 0 Å². The van der Waals surface area contributed by atoms with Gasteiger partial charge in [0.2, 0.25) is 0 Å². The van der Waals surface area contributed by atoms with E-state index in [0.29, 0.717) is 11.6 Å². The highest BCUT2D eigenvalue weighted by atomic mass is 32.2. The van der Waals surface area contributed by atoms with Crippen molar-refractivity contribution in [2.75, 3.05) is 11.5 Å². The molecule has 0 saturated carbocycles. The van der Waals surface area contributed by atoms with Crippen LogP contribution >= 0.6 is 11.8 Å². The highest BCUT2D eigenvalue weighted by Gasteiger charge is 2.22. The van der Waals surface area contributed by atoms with Gasteiger partial charge in [0.25, 0.3) is 0 Å². The van der Waals surface area contributed by atoms with Crippen molar-refractivity contribution in [3.63, 3.8) is 0 Å². The van der Waals surface area contributed by atoms with Crippen LogP contribution in [0.4, 0.5) is 0 Å². The summed E-state index contributed by atoms with van der Waals surface area (Å²) in [5, 5.41) is 9.27. The standard InChI is InChI=1S/C13H14N2O2S/c16-13(17)11-5-1-4-10-7-14-12(15(10)11)9-3-2-6-18-8-9/h1,4-5,7,9H,2-3,6,8H2,(H,16,17). The first-order valence-corrected chi connectivity index (χ1v) is 7.20. The van der Waals surface area contributed by atoms with Crippen molar-refractivity contribution in [1.29, 1.82) is 0 Å². The second-order valence-electron chi connectivity index (χ2n) is 4.51. The van der Waals surface area contributed by atoms with Crippen LogP contribution in [0.15, 0.2) is 24.4 Å². The Morgan fingerprint density at radius 1 is 1.50 bits per heavy atom. The van der Waals surface area contributed by atoms with Gasteiger partial charge in [0.05, 0.1) is 11.7 Å². The maximum Gasteiger partial charge on any atom is 0.352 e. The van der Waals surface area contributed by atoms with Gasteiger partial charge in [-0.15, -0.1) is 0 Å². The van der Waals surface area contributed by atoms with Crippen LogP contribution in [0.5, 0.6) is 0 Å². The minimum atomic E-state index is -0.900. The van der Waals surface area contributed by atoms with Crippen LogP contribution in [0.3, 0.4) is 0 Å². The van der Waals surface area contributed by atoms with Gasteiger partial charge in [0.1, 0.15) is 11.5 Å². The van der Waals surface area contributed by atoms with Crippen molar-refractivity contribution in [3.05, 3.63) is 35.9 Å². The zero-order chi connectivity index (χ0) is 12.5. The summed E-state index contributed by atoms with van der Waals surface area (Å²) in [5.74, 6) is 2.60. The molecule has 0 radical (unpaired) electrons. The van der Waals surface area contributed by atoms with Crippen molar-refractivity contribution >= 4 is 23.2 Å². The average molecular weight is 262 g/mol. The summed E-state index contributed by atoms with van der Waals surface area (Å²) < 4.78 is 1.79. The van der Waals surface area contributed by atoms with E-state index in [1.54, 1.807) is 22.7 Å². The van der Waals surface area contributed by atoms with Crippen molar-refractivity contribution in [1.82, 2.24) is 9.38 Å². The van der Waals surface area contributed by atoms with E-state index in [9.17, 15) is 9.90 Å². The van der Waals surface area contributed by atoms with Crippen LogP contribution < -0.4 is 0 Å². The molecule has 2 aromatic rings. The van der Waals surface area contributed by atoms with Crippen LogP contribution in [0.2, 0.25) is 0 Å². The maximum atomic E-state index is 11.3. The van der Waals surface area contributed by atoms with Gasteiger partial charge in [-0.25, -0.2) is 9.78 Å². The number of imidazole rings is 1. The van der Waals surface area contributed by atoms with Crippen molar-refractivity contribution in [2.24, 2.45) is 0 Å². The van der Waals surface area contributed by atoms with Crippen LogP contribution in [0.1, 0.15) is 35.1 Å².